The summed E-state index contributed by atoms with van der Waals surface area (Å²) in [6, 6.07) is 17.6. The van der Waals surface area contributed by atoms with Gasteiger partial charge in [-0.3, -0.25) is 0 Å². The lowest BCUT2D eigenvalue weighted by Gasteiger charge is -2.05. The minimum atomic E-state index is 0.491. The molecule has 0 bridgehead atoms. The minimum absolute atomic E-state index is 0.491. The van der Waals surface area contributed by atoms with E-state index in [0.717, 1.165) is 22.6 Å². The molecular formula is C18H16N6OS. The highest BCUT2D eigenvalue weighted by molar-refractivity contribution is 7.80. The Morgan fingerprint density at radius 3 is 2.54 bits per heavy atom. The first-order valence-electron chi connectivity index (χ1n) is 7.98. The summed E-state index contributed by atoms with van der Waals surface area (Å²) in [5, 5.41) is 17.7. The van der Waals surface area contributed by atoms with E-state index in [4.69, 9.17) is 4.74 Å². The highest BCUT2D eigenvalue weighted by Crippen LogP contribution is 2.26. The van der Waals surface area contributed by atoms with Gasteiger partial charge in [0.05, 0.1) is 31.1 Å². The van der Waals surface area contributed by atoms with Crippen molar-refractivity contribution in [2.24, 2.45) is 0 Å². The second-order valence-electron chi connectivity index (χ2n) is 5.62. The summed E-state index contributed by atoms with van der Waals surface area (Å²) in [6.07, 6.45) is 1.69. The third kappa shape index (κ3) is 3.18. The maximum Gasteiger partial charge on any atom is 0.209 e. The molecule has 4 rings (SSSR count). The molecule has 0 aliphatic carbocycles. The van der Waals surface area contributed by atoms with Crippen molar-refractivity contribution in [2.45, 2.75) is 11.6 Å². The van der Waals surface area contributed by atoms with E-state index in [0.29, 0.717) is 17.4 Å². The number of rotatable bonds is 5. The van der Waals surface area contributed by atoms with Crippen molar-refractivity contribution in [3.05, 3.63) is 66.4 Å². The van der Waals surface area contributed by atoms with E-state index in [-0.39, 0.29) is 0 Å². The zero-order valence-electron chi connectivity index (χ0n) is 14.0. The van der Waals surface area contributed by atoms with Crippen LogP contribution < -0.4 is 4.74 Å². The van der Waals surface area contributed by atoms with Crippen molar-refractivity contribution < 1.29 is 4.74 Å². The maximum atomic E-state index is 5.18. The number of nitrogens with zero attached hydrogens (tertiary/aromatic N) is 6. The number of methoxy groups -OCH3 is 1. The van der Waals surface area contributed by atoms with Crippen molar-refractivity contribution in [1.82, 2.24) is 30.0 Å². The highest BCUT2D eigenvalue weighted by atomic mass is 32.1. The third-order valence-electron chi connectivity index (χ3n) is 3.92. The highest BCUT2D eigenvalue weighted by Gasteiger charge is 2.15. The minimum Gasteiger partial charge on any atom is -0.497 e. The van der Waals surface area contributed by atoms with Crippen LogP contribution in [0, 0.1) is 0 Å². The maximum absolute atomic E-state index is 5.18. The number of ether oxygens (including phenoxy) is 1. The van der Waals surface area contributed by atoms with Gasteiger partial charge in [0.15, 0.2) is 0 Å². The lowest BCUT2D eigenvalue weighted by molar-refractivity contribution is 0.414. The number of aromatic nitrogens is 6. The molecule has 2 heterocycles. The quantitative estimate of drug-likeness (QED) is 0.552. The monoisotopic (exact) mass is 364 g/mol. The summed E-state index contributed by atoms with van der Waals surface area (Å²) in [5.41, 5.74) is 2.71. The van der Waals surface area contributed by atoms with Crippen molar-refractivity contribution in [1.29, 1.82) is 0 Å². The largest absolute Gasteiger partial charge is 0.497 e. The van der Waals surface area contributed by atoms with Gasteiger partial charge < -0.3 is 4.74 Å². The third-order valence-corrected chi connectivity index (χ3v) is 4.35. The first-order valence-corrected chi connectivity index (χ1v) is 8.43. The summed E-state index contributed by atoms with van der Waals surface area (Å²) in [4.78, 5) is 1.56. The lowest BCUT2D eigenvalue weighted by atomic mass is 10.2. The molecule has 0 amide bonds. The molecule has 0 fully saturated rings. The van der Waals surface area contributed by atoms with Gasteiger partial charge in [0.25, 0.3) is 0 Å². The molecule has 0 saturated heterocycles. The van der Waals surface area contributed by atoms with Gasteiger partial charge >= 0.3 is 0 Å². The Labute approximate surface area is 155 Å². The predicted molar refractivity (Wildman–Crippen MR) is 99.7 cm³/mol. The number of thiol groups is 1. The second kappa shape index (κ2) is 7.01. The molecule has 8 heteroatoms. The van der Waals surface area contributed by atoms with Gasteiger partial charge in [0.2, 0.25) is 5.82 Å². The molecule has 2 aromatic heterocycles. The Morgan fingerprint density at radius 1 is 1.04 bits per heavy atom. The topological polar surface area (TPSA) is 70.7 Å². The Morgan fingerprint density at radius 2 is 1.81 bits per heavy atom. The van der Waals surface area contributed by atoms with Crippen LogP contribution in [-0.4, -0.2) is 37.1 Å². The molecule has 0 radical (unpaired) electrons. The van der Waals surface area contributed by atoms with E-state index < -0.39 is 0 Å². The smallest absolute Gasteiger partial charge is 0.209 e. The summed E-state index contributed by atoms with van der Waals surface area (Å²) < 4.78 is 6.90. The molecular weight excluding hydrogens is 348 g/mol. The van der Waals surface area contributed by atoms with Crippen LogP contribution in [0.25, 0.3) is 17.1 Å². The van der Waals surface area contributed by atoms with Gasteiger partial charge in [0.1, 0.15) is 10.8 Å². The van der Waals surface area contributed by atoms with Gasteiger partial charge in [0, 0.05) is 0 Å². The number of hydrogen-bond acceptors (Lipinski definition) is 6. The standard InChI is InChI=1S/C18H16N6OS/c1-25-15-9-7-14(8-10-15)24-18(26)16(11-19-24)17-20-22-23(21-17)12-13-5-3-2-4-6-13/h2-11,26H,12H2,1H3. The Hall–Kier alpha value is -3.13. The van der Waals surface area contributed by atoms with Crippen LogP contribution in [-0.2, 0) is 6.54 Å². The zero-order chi connectivity index (χ0) is 17.9. The van der Waals surface area contributed by atoms with E-state index in [1.54, 1.807) is 22.8 Å². The summed E-state index contributed by atoms with van der Waals surface area (Å²) in [7, 11) is 1.63. The van der Waals surface area contributed by atoms with Crippen molar-refractivity contribution in [3.8, 4) is 22.8 Å². The first kappa shape index (κ1) is 16.3. The fourth-order valence-electron chi connectivity index (χ4n) is 2.58. The molecule has 26 heavy (non-hydrogen) atoms. The Balaban J connectivity index is 1.60. The van der Waals surface area contributed by atoms with Gasteiger partial charge in [-0.2, -0.15) is 9.90 Å². The van der Waals surface area contributed by atoms with Crippen molar-refractivity contribution >= 4 is 12.6 Å². The fraction of sp³-hybridized carbons (Fsp3) is 0.111. The molecule has 0 saturated carbocycles. The average molecular weight is 364 g/mol. The van der Waals surface area contributed by atoms with Crippen LogP contribution in [0.2, 0.25) is 0 Å². The molecule has 7 nitrogen and oxygen atoms in total. The van der Waals surface area contributed by atoms with Gasteiger partial charge in [-0.1, -0.05) is 30.3 Å². The van der Waals surface area contributed by atoms with Crippen LogP contribution >= 0.6 is 12.6 Å². The van der Waals surface area contributed by atoms with E-state index in [1.165, 1.54) is 0 Å². The SMILES string of the molecule is COc1ccc(-n2ncc(-c3nnn(Cc4ccccc4)n3)c2S)cc1. The summed E-state index contributed by atoms with van der Waals surface area (Å²) in [6.45, 7) is 0.558. The second-order valence-corrected chi connectivity index (χ2v) is 6.04. The molecule has 0 spiro atoms. The molecule has 130 valence electrons. The summed E-state index contributed by atoms with van der Waals surface area (Å²) in [5.74, 6) is 1.28. The normalized spacial score (nSPS) is 10.8. The van der Waals surface area contributed by atoms with Crippen LogP contribution in [0.15, 0.2) is 65.8 Å². The fourth-order valence-corrected chi connectivity index (χ4v) is 2.90. The van der Waals surface area contributed by atoms with Crippen LogP contribution in [0.3, 0.4) is 0 Å². The number of tetrazole rings is 1. The average Bonchev–Trinajstić information content (AvgIpc) is 3.29. The Bertz CT molecular complexity index is 1010. The first-order chi connectivity index (χ1) is 12.7. The van der Waals surface area contributed by atoms with Gasteiger partial charge in [-0.15, -0.1) is 22.8 Å². The van der Waals surface area contributed by atoms with Crippen LogP contribution in [0.4, 0.5) is 0 Å². The van der Waals surface area contributed by atoms with Gasteiger partial charge in [-0.25, -0.2) is 4.68 Å². The van der Waals surface area contributed by atoms with E-state index >= 15 is 0 Å². The van der Waals surface area contributed by atoms with Crippen molar-refractivity contribution in [3.63, 3.8) is 0 Å². The molecule has 0 aliphatic heterocycles. The molecule has 0 unspecified atom stereocenters. The molecule has 2 aromatic carbocycles. The lowest BCUT2D eigenvalue weighted by Crippen LogP contribution is -2.03. The number of benzene rings is 2. The van der Waals surface area contributed by atoms with E-state index in [2.05, 4.69) is 33.1 Å². The predicted octanol–water partition coefficient (Wildman–Crippen LogP) is 2.87. The summed E-state index contributed by atoms with van der Waals surface area (Å²) >= 11 is 4.59. The molecule has 0 N–H and O–H groups in total. The number of hydrogen-bond donors (Lipinski definition) is 1. The van der Waals surface area contributed by atoms with Crippen LogP contribution in [0.1, 0.15) is 5.56 Å². The molecule has 4 aromatic rings. The van der Waals surface area contributed by atoms with Gasteiger partial charge in [-0.05, 0) is 35.0 Å². The van der Waals surface area contributed by atoms with E-state index in [1.807, 2.05) is 54.6 Å². The Kier molecular flexibility index (Phi) is 4.40. The molecule has 0 aliphatic rings. The van der Waals surface area contributed by atoms with Crippen molar-refractivity contribution in [2.75, 3.05) is 7.11 Å². The van der Waals surface area contributed by atoms with E-state index in [9.17, 15) is 0 Å². The van der Waals surface area contributed by atoms with Crippen LogP contribution in [0.5, 0.6) is 5.75 Å². The zero-order valence-corrected chi connectivity index (χ0v) is 14.9. The molecule has 0 atom stereocenters.